The molecule has 0 radical (unpaired) electrons. The molecule has 0 aliphatic rings. The van der Waals surface area contributed by atoms with E-state index in [1.54, 1.807) is 36.4 Å². The number of nitrogens with zero attached hydrogens (tertiary/aromatic N) is 1. The fourth-order valence-electron chi connectivity index (χ4n) is 3.82. The molecule has 0 aromatic heterocycles. The number of methoxy groups -OCH3 is 2. The van der Waals surface area contributed by atoms with Gasteiger partial charge < -0.3 is 24.4 Å². The van der Waals surface area contributed by atoms with E-state index in [0.717, 1.165) is 12.0 Å². The second-order valence-electron chi connectivity index (χ2n) is 8.45. The lowest BCUT2D eigenvalue weighted by atomic mass is 10.0. The molecule has 0 unspecified atom stereocenters. The molecular formula is C29H33FN2O5. The van der Waals surface area contributed by atoms with Crippen LogP contribution in [0.3, 0.4) is 0 Å². The molecule has 1 atom stereocenters. The van der Waals surface area contributed by atoms with Crippen molar-refractivity contribution in [1.82, 2.24) is 10.2 Å². The van der Waals surface area contributed by atoms with Crippen molar-refractivity contribution >= 4 is 11.8 Å². The van der Waals surface area contributed by atoms with Crippen LogP contribution >= 0.6 is 0 Å². The molecule has 0 spiro atoms. The number of carbonyl (C=O) groups excluding carboxylic acids is 2. The van der Waals surface area contributed by atoms with Crippen LogP contribution < -0.4 is 19.5 Å². The quantitative estimate of drug-likeness (QED) is 0.371. The molecule has 0 bridgehead atoms. The van der Waals surface area contributed by atoms with E-state index >= 15 is 0 Å². The Labute approximate surface area is 217 Å². The lowest BCUT2D eigenvalue weighted by molar-refractivity contribution is -0.142. The van der Waals surface area contributed by atoms with Crippen LogP contribution in [0.2, 0.25) is 0 Å². The molecule has 7 nitrogen and oxygen atoms in total. The maximum absolute atomic E-state index is 14.6. The smallest absolute Gasteiger partial charge is 0.261 e. The average Bonchev–Trinajstić information content (AvgIpc) is 2.93. The number of halogens is 1. The van der Waals surface area contributed by atoms with Gasteiger partial charge in [0.1, 0.15) is 29.1 Å². The Morgan fingerprint density at radius 1 is 0.919 bits per heavy atom. The highest BCUT2D eigenvalue weighted by Gasteiger charge is 2.31. The normalized spacial score (nSPS) is 11.4. The summed E-state index contributed by atoms with van der Waals surface area (Å²) in [6.45, 7) is 1.96. The number of ether oxygens (including phenoxy) is 3. The third kappa shape index (κ3) is 7.96. The van der Waals surface area contributed by atoms with Crippen LogP contribution in [-0.2, 0) is 22.6 Å². The monoisotopic (exact) mass is 508 g/mol. The van der Waals surface area contributed by atoms with E-state index in [1.165, 1.54) is 25.2 Å². The van der Waals surface area contributed by atoms with Crippen LogP contribution in [0.25, 0.3) is 0 Å². The Morgan fingerprint density at radius 2 is 1.54 bits per heavy atom. The lowest BCUT2D eigenvalue weighted by Crippen LogP contribution is -2.51. The van der Waals surface area contributed by atoms with Crippen LogP contribution in [0.1, 0.15) is 24.5 Å². The van der Waals surface area contributed by atoms with Gasteiger partial charge in [0, 0.05) is 43.3 Å². The summed E-state index contributed by atoms with van der Waals surface area (Å²) in [7, 11) is 3.03. The molecule has 196 valence electrons. The Balaban J connectivity index is 1.91. The second-order valence-corrected chi connectivity index (χ2v) is 8.45. The molecule has 0 aliphatic heterocycles. The van der Waals surface area contributed by atoms with Gasteiger partial charge in [-0.3, -0.25) is 9.59 Å². The summed E-state index contributed by atoms with van der Waals surface area (Å²) in [5, 5.41) is 2.89. The van der Waals surface area contributed by atoms with Crippen molar-refractivity contribution in [3.8, 4) is 17.2 Å². The number of amides is 2. The van der Waals surface area contributed by atoms with Gasteiger partial charge in [-0.15, -0.1) is 0 Å². The van der Waals surface area contributed by atoms with Crippen molar-refractivity contribution in [1.29, 1.82) is 0 Å². The number of hydrogen-bond acceptors (Lipinski definition) is 5. The van der Waals surface area contributed by atoms with Gasteiger partial charge in [0.05, 0.1) is 14.2 Å². The highest BCUT2D eigenvalue weighted by molar-refractivity contribution is 5.88. The van der Waals surface area contributed by atoms with Gasteiger partial charge in [0.25, 0.3) is 5.91 Å². The molecule has 8 heteroatoms. The van der Waals surface area contributed by atoms with Gasteiger partial charge in [-0.1, -0.05) is 55.5 Å². The van der Waals surface area contributed by atoms with Crippen molar-refractivity contribution in [2.45, 2.75) is 32.4 Å². The Morgan fingerprint density at radius 3 is 2.16 bits per heavy atom. The minimum Gasteiger partial charge on any atom is -0.496 e. The van der Waals surface area contributed by atoms with Crippen LogP contribution in [-0.4, -0.2) is 50.1 Å². The second kappa shape index (κ2) is 13.9. The fourth-order valence-corrected chi connectivity index (χ4v) is 3.82. The molecule has 3 aromatic carbocycles. The molecule has 3 aromatic rings. The number of nitrogens with one attached hydrogen (secondary N) is 1. The van der Waals surface area contributed by atoms with Crippen molar-refractivity contribution in [2.24, 2.45) is 0 Å². The van der Waals surface area contributed by atoms with Crippen LogP contribution in [0.5, 0.6) is 17.2 Å². The van der Waals surface area contributed by atoms with Crippen molar-refractivity contribution < 1.29 is 28.2 Å². The Bertz CT molecular complexity index is 1150. The first-order valence-corrected chi connectivity index (χ1v) is 12.2. The summed E-state index contributed by atoms with van der Waals surface area (Å²) in [5.41, 5.74) is 1.18. The van der Waals surface area contributed by atoms with Crippen LogP contribution in [0.4, 0.5) is 4.39 Å². The van der Waals surface area contributed by atoms with Crippen molar-refractivity contribution in [2.75, 3.05) is 27.4 Å². The third-order valence-corrected chi connectivity index (χ3v) is 5.81. The largest absolute Gasteiger partial charge is 0.496 e. The summed E-state index contributed by atoms with van der Waals surface area (Å²) >= 11 is 0. The summed E-state index contributed by atoms with van der Waals surface area (Å²) in [5.74, 6) is 0.157. The lowest BCUT2D eigenvalue weighted by Gasteiger charge is -2.31. The van der Waals surface area contributed by atoms with E-state index in [4.69, 9.17) is 14.2 Å². The van der Waals surface area contributed by atoms with Crippen LogP contribution in [0, 0.1) is 5.82 Å². The molecule has 37 heavy (non-hydrogen) atoms. The minimum atomic E-state index is -0.871. The number of carbonyl (C=O) groups is 2. The predicted octanol–water partition coefficient (Wildman–Crippen LogP) is 4.39. The van der Waals surface area contributed by atoms with Gasteiger partial charge in [-0.25, -0.2) is 4.39 Å². The van der Waals surface area contributed by atoms with E-state index in [-0.39, 0.29) is 25.5 Å². The average molecular weight is 509 g/mol. The van der Waals surface area contributed by atoms with E-state index in [2.05, 4.69) is 5.32 Å². The maximum Gasteiger partial charge on any atom is 0.261 e. The molecule has 0 aliphatic carbocycles. The third-order valence-electron chi connectivity index (χ3n) is 5.81. The van der Waals surface area contributed by atoms with Gasteiger partial charge in [0.15, 0.2) is 6.61 Å². The van der Waals surface area contributed by atoms with Gasteiger partial charge in [-0.05, 0) is 18.1 Å². The van der Waals surface area contributed by atoms with E-state index in [1.807, 2.05) is 37.3 Å². The first-order valence-electron chi connectivity index (χ1n) is 12.2. The molecule has 0 saturated carbocycles. The zero-order valence-electron chi connectivity index (χ0n) is 21.4. The summed E-state index contributed by atoms with van der Waals surface area (Å²) in [6, 6.07) is 19.7. The van der Waals surface area contributed by atoms with Gasteiger partial charge in [-0.2, -0.15) is 0 Å². The molecule has 0 heterocycles. The van der Waals surface area contributed by atoms with Crippen LogP contribution in [0.15, 0.2) is 72.8 Å². The zero-order chi connectivity index (χ0) is 26.6. The molecular weight excluding hydrogens is 475 g/mol. The van der Waals surface area contributed by atoms with E-state index in [9.17, 15) is 14.0 Å². The van der Waals surface area contributed by atoms with Crippen molar-refractivity contribution in [3.63, 3.8) is 0 Å². The summed E-state index contributed by atoms with van der Waals surface area (Å²) in [6.07, 6.45) is 1.01. The fraction of sp³-hybridized carbons (Fsp3) is 0.310. The minimum absolute atomic E-state index is 0.0899. The molecule has 0 saturated heterocycles. The number of benzene rings is 3. The number of rotatable bonds is 13. The summed E-state index contributed by atoms with van der Waals surface area (Å²) < 4.78 is 30.9. The summed E-state index contributed by atoms with van der Waals surface area (Å²) in [4.78, 5) is 28.3. The first-order chi connectivity index (χ1) is 17.9. The molecule has 2 amide bonds. The Kier molecular flexibility index (Phi) is 10.3. The topological polar surface area (TPSA) is 77.1 Å². The first kappa shape index (κ1) is 27.5. The number of hydrogen-bond donors (Lipinski definition) is 1. The Hall–Kier alpha value is -4.07. The van der Waals surface area contributed by atoms with E-state index in [0.29, 0.717) is 29.4 Å². The highest BCUT2D eigenvalue weighted by Crippen LogP contribution is 2.27. The molecule has 1 N–H and O–H groups in total. The highest BCUT2D eigenvalue weighted by atomic mass is 19.1. The maximum atomic E-state index is 14.6. The standard InChI is InChI=1S/C29H33FN2O5/c1-4-14-31-29(34)27(15-21-10-6-5-7-11-21)32(19-22-12-8-9-13-26(22)30)28(33)20-37-25-17-23(35-2)16-24(18-25)36-3/h5-13,16-18,27H,4,14-15,19-20H2,1-3H3,(H,31,34)/t27-/m0/s1. The van der Waals surface area contributed by atoms with Gasteiger partial charge >= 0.3 is 0 Å². The SMILES string of the molecule is CCCNC(=O)[C@H](Cc1ccccc1)N(Cc1ccccc1F)C(=O)COc1cc(OC)cc(OC)c1. The van der Waals surface area contributed by atoms with E-state index < -0.39 is 17.8 Å². The van der Waals surface area contributed by atoms with Gasteiger partial charge in [0.2, 0.25) is 5.91 Å². The zero-order valence-corrected chi connectivity index (χ0v) is 21.4. The molecule has 3 rings (SSSR count). The molecule has 0 fully saturated rings. The van der Waals surface area contributed by atoms with Crippen molar-refractivity contribution in [3.05, 3.63) is 89.7 Å². The predicted molar refractivity (Wildman–Crippen MR) is 139 cm³/mol.